The smallest absolute Gasteiger partial charge is 0.321 e. The third-order valence-electron chi connectivity index (χ3n) is 4.16. The van der Waals surface area contributed by atoms with Crippen LogP contribution in [0.1, 0.15) is 16.8 Å². The fourth-order valence-electron chi connectivity index (χ4n) is 2.86. The molecule has 0 bridgehead atoms. The second-order valence-electron chi connectivity index (χ2n) is 6.27. The largest absolute Gasteiger partial charge is 0.359 e. The zero-order chi connectivity index (χ0) is 18.3. The number of nitrogens with zero attached hydrogens (tertiary/aromatic N) is 1. The van der Waals surface area contributed by atoms with Crippen LogP contribution < -0.4 is 10.6 Å². The molecule has 2 amide bonds. The van der Waals surface area contributed by atoms with E-state index < -0.39 is 0 Å². The third-order valence-corrected chi connectivity index (χ3v) is 5.10. The number of halogens is 1. The molecule has 2 heterocycles. The Labute approximate surface area is 153 Å². The van der Waals surface area contributed by atoms with E-state index in [1.165, 1.54) is 17.4 Å². The average molecular weight is 368 g/mol. The maximum absolute atomic E-state index is 13.6. The summed E-state index contributed by atoms with van der Waals surface area (Å²) in [5, 5.41) is 7.09. The first kappa shape index (κ1) is 16.5. The van der Waals surface area contributed by atoms with Crippen LogP contribution in [0.4, 0.5) is 14.3 Å². The van der Waals surface area contributed by atoms with Crippen molar-refractivity contribution >= 4 is 43.6 Å². The highest BCUT2D eigenvalue weighted by molar-refractivity contribution is 7.22. The number of hydrogen-bond donors (Lipinski definition) is 3. The Morgan fingerprint density at radius 1 is 1.23 bits per heavy atom. The second-order valence-corrected chi connectivity index (χ2v) is 7.30. The first-order valence-electron chi connectivity index (χ1n) is 8.18. The lowest BCUT2D eigenvalue weighted by Gasteiger charge is -2.05. The predicted molar refractivity (Wildman–Crippen MR) is 103 cm³/mol. The van der Waals surface area contributed by atoms with Gasteiger partial charge in [0.25, 0.3) is 0 Å². The van der Waals surface area contributed by atoms with E-state index in [9.17, 15) is 9.18 Å². The van der Waals surface area contributed by atoms with Crippen LogP contribution >= 0.6 is 11.3 Å². The molecule has 0 saturated heterocycles. The number of rotatable bonds is 3. The molecule has 4 aromatic rings. The van der Waals surface area contributed by atoms with Crippen molar-refractivity contribution in [1.82, 2.24) is 15.3 Å². The lowest BCUT2D eigenvalue weighted by atomic mass is 10.1. The van der Waals surface area contributed by atoms with Gasteiger partial charge >= 0.3 is 6.03 Å². The van der Waals surface area contributed by atoms with Crippen LogP contribution in [0.5, 0.6) is 0 Å². The molecule has 0 spiro atoms. The van der Waals surface area contributed by atoms with Crippen molar-refractivity contribution in [2.24, 2.45) is 0 Å². The third kappa shape index (κ3) is 3.25. The Morgan fingerprint density at radius 2 is 2.08 bits per heavy atom. The first-order valence-corrected chi connectivity index (χ1v) is 8.99. The van der Waals surface area contributed by atoms with Gasteiger partial charge in [-0.1, -0.05) is 17.4 Å². The zero-order valence-corrected chi connectivity index (χ0v) is 15.1. The molecule has 0 fully saturated rings. The molecule has 0 aliphatic heterocycles. The normalized spacial score (nSPS) is 11.2. The molecule has 0 radical (unpaired) electrons. The Bertz CT molecular complexity index is 1090. The summed E-state index contributed by atoms with van der Waals surface area (Å²) in [7, 11) is 0. The quantitative estimate of drug-likeness (QED) is 0.483. The summed E-state index contributed by atoms with van der Waals surface area (Å²) in [5.74, 6) is -0.297. The monoisotopic (exact) mass is 368 g/mol. The van der Waals surface area contributed by atoms with Gasteiger partial charge in [-0.25, -0.2) is 14.2 Å². The number of carbonyl (C=O) groups excluding carboxylic acids is 1. The number of thiazole rings is 1. The molecule has 2 aromatic heterocycles. The van der Waals surface area contributed by atoms with E-state index >= 15 is 0 Å². The molecule has 0 aliphatic carbocycles. The van der Waals surface area contributed by atoms with Crippen LogP contribution in [0.3, 0.4) is 0 Å². The molecule has 3 N–H and O–H groups in total. The summed E-state index contributed by atoms with van der Waals surface area (Å²) in [4.78, 5) is 19.7. The number of urea groups is 1. The lowest BCUT2D eigenvalue weighted by molar-refractivity contribution is 0.251. The summed E-state index contributed by atoms with van der Waals surface area (Å²) in [6.45, 7) is 4.12. The fraction of sp³-hybridized carbons (Fsp3) is 0.158. The number of fused-ring (bicyclic) bond motifs is 2. The van der Waals surface area contributed by atoms with Crippen LogP contribution in [0.2, 0.25) is 0 Å². The summed E-state index contributed by atoms with van der Waals surface area (Å²) in [5.41, 5.74) is 4.29. The second kappa shape index (κ2) is 6.42. The molecule has 4 rings (SSSR count). The molecule has 0 saturated carbocycles. The number of amides is 2. The topological polar surface area (TPSA) is 69.8 Å². The highest BCUT2D eigenvalue weighted by atomic mass is 32.1. The SMILES string of the molecule is Cc1cc2cc(CNC(=O)Nc3nc4cc(F)c(C)cc4s3)ccc2[nH]1. The van der Waals surface area contributed by atoms with Crippen molar-refractivity contribution in [3.8, 4) is 0 Å². The number of aromatic nitrogens is 2. The fourth-order valence-corrected chi connectivity index (χ4v) is 3.81. The minimum absolute atomic E-state index is 0.297. The molecule has 0 unspecified atom stereocenters. The summed E-state index contributed by atoms with van der Waals surface area (Å²) >= 11 is 1.32. The molecule has 5 nitrogen and oxygen atoms in total. The van der Waals surface area contributed by atoms with Gasteiger partial charge in [-0.05, 0) is 54.6 Å². The average Bonchev–Trinajstić information content (AvgIpc) is 3.14. The summed E-state index contributed by atoms with van der Waals surface area (Å²) < 4.78 is 14.4. The summed E-state index contributed by atoms with van der Waals surface area (Å²) in [6.07, 6.45) is 0. The first-order chi connectivity index (χ1) is 12.5. The van der Waals surface area contributed by atoms with Crippen LogP contribution in [0, 0.1) is 19.7 Å². The van der Waals surface area contributed by atoms with E-state index in [2.05, 4.69) is 26.7 Å². The van der Waals surface area contributed by atoms with Gasteiger partial charge in [-0.3, -0.25) is 5.32 Å². The Hall–Kier alpha value is -2.93. The maximum atomic E-state index is 13.6. The van der Waals surface area contributed by atoms with Gasteiger partial charge in [0.05, 0.1) is 10.2 Å². The number of carbonyl (C=O) groups is 1. The van der Waals surface area contributed by atoms with Gasteiger partial charge in [0.1, 0.15) is 5.82 Å². The van der Waals surface area contributed by atoms with E-state index in [4.69, 9.17) is 0 Å². The van der Waals surface area contributed by atoms with Crippen LogP contribution in [0.15, 0.2) is 36.4 Å². The molecule has 0 atom stereocenters. The van der Waals surface area contributed by atoms with Gasteiger partial charge in [-0.15, -0.1) is 0 Å². The van der Waals surface area contributed by atoms with Crippen LogP contribution in [0.25, 0.3) is 21.1 Å². The van der Waals surface area contributed by atoms with E-state index in [0.29, 0.717) is 22.8 Å². The van der Waals surface area contributed by atoms with E-state index in [-0.39, 0.29) is 11.8 Å². The van der Waals surface area contributed by atoms with Crippen molar-refractivity contribution in [1.29, 1.82) is 0 Å². The van der Waals surface area contributed by atoms with Gasteiger partial charge in [0.2, 0.25) is 0 Å². The molecule has 132 valence electrons. The summed E-state index contributed by atoms with van der Waals surface area (Å²) in [6, 6.07) is 10.9. The Morgan fingerprint density at radius 3 is 2.92 bits per heavy atom. The van der Waals surface area contributed by atoms with Gasteiger partial charge < -0.3 is 10.3 Å². The van der Waals surface area contributed by atoms with Crippen LogP contribution in [-0.2, 0) is 6.54 Å². The van der Waals surface area contributed by atoms with Gasteiger partial charge in [-0.2, -0.15) is 0 Å². The molecular formula is C19H17FN4OS. The predicted octanol–water partition coefficient (Wildman–Crippen LogP) is 4.86. The van der Waals surface area contributed by atoms with Gasteiger partial charge in [0, 0.05) is 23.8 Å². The Kier molecular flexibility index (Phi) is 4.08. The highest BCUT2D eigenvalue weighted by Gasteiger charge is 2.10. The number of anilines is 1. The van der Waals surface area contributed by atoms with E-state index in [1.54, 1.807) is 13.0 Å². The lowest BCUT2D eigenvalue weighted by Crippen LogP contribution is -2.28. The molecular weight excluding hydrogens is 351 g/mol. The molecule has 2 aromatic carbocycles. The van der Waals surface area contributed by atoms with Crippen LogP contribution in [-0.4, -0.2) is 16.0 Å². The van der Waals surface area contributed by atoms with Crippen molar-refractivity contribution < 1.29 is 9.18 Å². The minimum Gasteiger partial charge on any atom is -0.359 e. The van der Waals surface area contributed by atoms with Crippen molar-refractivity contribution in [2.75, 3.05) is 5.32 Å². The van der Waals surface area contributed by atoms with E-state index in [1.807, 2.05) is 25.1 Å². The standard InChI is InChI=1S/C19H17FN4OS/c1-10-5-17-16(8-14(10)20)23-19(26-17)24-18(25)21-9-12-3-4-15-13(7-12)6-11(2)22-15/h3-8,22H,9H2,1-2H3,(H2,21,23,24,25). The number of aryl methyl sites for hydroxylation is 2. The molecule has 7 heteroatoms. The number of benzene rings is 2. The number of H-pyrrole nitrogens is 1. The van der Waals surface area contributed by atoms with Crippen molar-refractivity contribution in [2.45, 2.75) is 20.4 Å². The number of hydrogen-bond acceptors (Lipinski definition) is 3. The van der Waals surface area contributed by atoms with Gasteiger partial charge in [0.15, 0.2) is 5.13 Å². The maximum Gasteiger partial charge on any atom is 0.321 e. The number of aromatic amines is 1. The minimum atomic E-state index is -0.341. The van der Waals surface area contributed by atoms with Crippen molar-refractivity contribution in [3.63, 3.8) is 0 Å². The molecule has 26 heavy (non-hydrogen) atoms. The van der Waals surface area contributed by atoms with E-state index in [0.717, 1.165) is 26.9 Å². The molecule has 0 aliphatic rings. The Balaban J connectivity index is 1.43. The van der Waals surface area contributed by atoms with Crippen molar-refractivity contribution in [3.05, 3.63) is 59.0 Å². The highest BCUT2D eigenvalue weighted by Crippen LogP contribution is 2.28. The zero-order valence-electron chi connectivity index (χ0n) is 14.3. The number of nitrogens with one attached hydrogen (secondary N) is 3.